The fourth-order valence-corrected chi connectivity index (χ4v) is 6.95. The molecule has 0 spiro atoms. The number of hydrogen-bond donors (Lipinski definition) is 1. The number of pyridine rings is 1. The molecule has 8 heteroatoms. The quantitative estimate of drug-likeness (QED) is 0.171. The molecule has 1 aliphatic carbocycles. The molecule has 0 aliphatic heterocycles. The summed E-state index contributed by atoms with van der Waals surface area (Å²) in [5, 5.41) is 4.64. The monoisotopic (exact) mass is 548 g/mol. The van der Waals surface area contributed by atoms with E-state index in [9.17, 15) is 12.8 Å². The summed E-state index contributed by atoms with van der Waals surface area (Å²) >= 11 is 0. The Bertz CT molecular complexity index is 1450. The molecule has 0 amide bonds. The second-order valence-electron chi connectivity index (χ2n) is 10.5. The molecule has 206 valence electrons. The lowest BCUT2D eigenvalue weighted by molar-refractivity contribution is 0.250. The molecule has 39 heavy (non-hydrogen) atoms. The molecule has 0 bridgehead atoms. The molecule has 1 saturated carbocycles. The Morgan fingerprint density at radius 3 is 2.46 bits per heavy atom. The van der Waals surface area contributed by atoms with Gasteiger partial charge >= 0.3 is 0 Å². The van der Waals surface area contributed by atoms with Gasteiger partial charge in [0.05, 0.1) is 10.4 Å². The summed E-state index contributed by atoms with van der Waals surface area (Å²) in [4.78, 5) is 6.40. The number of halogens is 1. The number of nitrogens with zero attached hydrogens (tertiary/aromatic N) is 3. The Labute approximate surface area is 230 Å². The number of benzene rings is 2. The number of rotatable bonds is 12. The van der Waals surface area contributed by atoms with E-state index in [4.69, 9.17) is 0 Å². The second kappa shape index (κ2) is 12.9. The molecule has 5 rings (SSSR count). The highest BCUT2D eigenvalue weighted by Crippen LogP contribution is 2.27. The summed E-state index contributed by atoms with van der Waals surface area (Å²) in [6, 6.07) is 20.0. The van der Waals surface area contributed by atoms with E-state index in [-0.39, 0.29) is 4.90 Å². The van der Waals surface area contributed by atoms with Crippen molar-refractivity contribution in [3.8, 4) is 0 Å². The van der Waals surface area contributed by atoms with Crippen LogP contribution < -0.4 is 5.32 Å². The Hall–Kier alpha value is -3.07. The summed E-state index contributed by atoms with van der Waals surface area (Å²) in [5.41, 5.74) is 2.54. The van der Waals surface area contributed by atoms with Crippen molar-refractivity contribution < 1.29 is 12.8 Å². The first kappa shape index (κ1) is 27.5. The van der Waals surface area contributed by atoms with Crippen LogP contribution in [0.25, 0.3) is 10.9 Å². The fraction of sp³-hybridized carbons (Fsp3) is 0.387. The van der Waals surface area contributed by atoms with E-state index < -0.39 is 16.0 Å². The van der Waals surface area contributed by atoms with Crippen LogP contribution in [0.5, 0.6) is 0 Å². The van der Waals surface area contributed by atoms with Gasteiger partial charge in [0.15, 0.2) is 0 Å². The lowest BCUT2D eigenvalue weighted by Gasteiger charge is -2.24. The summed E-state index contributed by atoms with van der Waals surface area (Å²) in [6.07, 6.45) is 12.0. The Kier molecular flexibility index (Phi) is 9.06. The third kappa shape index (κ3) is 6.93. The van der Waals surface area contributed by atoms with E-state index >= 15 is 0 Å². The zero-order valence-corrected chi connectivity index (χ0v) is 23.1. The lowest BCUT2D eigenvalue weighted by Crippen LogP contribution is -2.32. The van der Waals surface area contributed by atoms with Crippen LogP contribution in [0.4, 0.5) is 4.39 Å². The number of nitrogens with one attached hydrogen (secondary N) is 1. The van der Waals surface area contributed by atoms with Gasteiger partial charge in [-0.2, -0.15) is 4.39 Å². The first-order valence-electron chi connectivity index (χ1n) is 14.0. The minimum Gasteiger partial charge on any atom is -0.314 e. The van der Waals surface area contributed by atoms with Crippen LogP contribution in [0.3, 0.4) is 0 Å². The number of aromatic nitrogens is 2. The van der Waals surface area contributed by atoms with Crippen LogP contribution in [-0.2, 0) is 23.1 Å². The van der Waals surface area contributed by atoms with Gasteiger partial charge < -0.3 is 5.32 Å². The molecule has 0 atom stereocenters. The smallest absolute Gasteiger partial charge is 0.268 e. The van der Waals surface area contributed by atoms with Crippen LogP contribution in [-0.4, -0.2) is 41.4 Å². The van der Waals surface area contributed by atoms with Crippen molar-refractivity contribution in [3.05, 3.63) is 96.2 Å². The van der Waals surface area contributed by atoms with E-state index in [1.165, 1.54) is 42.1 Å². The molecule has 1 aliphatic rings. The average Bonchev–Trinajstić information content (AvgIpc) is 3.34. The van der Waals surface area contributed by atoms with Crippen LogP contribution in [0.2, 0.25) is 0 Å². The van der Waals surface area contributed by atoms with Crippen LogP contribution in [0, 0.1) is 5.95 Å². The first-order chi connectivity index (χ1) is 19.0. The predicted molar refractivity (Wildman–Crippen MR) is 153 cm³/mol. The highest BCUT2D eigenvalue weighted by Gasteiger charge is 2.22. The van der Waals surface area contributed by atoms with Gasteiger partial charge in [-0.05, 0) is 74.2 Å². The molecule has 2 aromatic heterocycles. The Balaban J connectivity index is 1.34. The number of hydrogen-bond acceptors (Lipinski definition) is 5. The van der Waals surface area contributed by atoms with Crippen molar-refractivity contribution in [1.82, 2.24) is 19.2 Å². The second-order valence-corrected chi connectivity index (χ2v) is 12.3. The van der Waals surface area contributed by atoms with Gasteiger partial charge in [-0.1, -0.05) is 61.7 Å². The topological polar surface area (TPSA) is 67.2 Å². The van der Waals surface area contributed by atoms with Gasteiger partial charge in [-0.25, -0.2) is 17.4 Å². The lowest BCUT2D eigenvalue weighted by atomic mass is 9.95. The van der Waals surface area contributed by atoms with Gasteiger partial charge in [0.1, 0.15) is 0 Å². The summed E-state index contributed by atoms with van der Waals surface area (Å²) in [5.74, 6) is -0.492. The molecule has 0 unspecified atom stereocenters. The first-order valence-corrected chi connectivity index (χ1v) is 15.4. The number of para-hydroxylation sites is 1. The summed E-state index contributed by atoms with van der Waals surface area (Å²) in [6.45, 7) is 3.03. The third-order valence-electron chi connectivity index (χ3n) is 7.59. The molecule has 0 radical (unpaired) electrons. The van der Waals surface area contributed by atoms with Gasteiger partial charge in [0, 0.05) is 36.9 Å². The molecule has 2 heterocycles. The van der Waals surface area contributed by atoms with E-state index in [0.717, 1.165) is 42.4 Å². The predicted octanol–water partition coefficient (Wildman–Crippen LogP) is 6.12. The van der Waals surface area contributed by atoms with Crippen molar-refractivity contribution in [2.75, 3.05) is 13.1 Å². The van der Waals surface area contributed by atoms with Gasteiger partial charge in [-0.15, -0.1) is 0 Å². The normalized spacial score (nSPS) is 14.8. The molecule has 1 N–H and O–H groups in total. The van der Waals surface area contributed by atoms with Crippen LogP contribution in [0.1, 0.15) is 56.1 Å². The molecule has 0 saturated heterocycles. The Morgan fingerprint density at radius 1 is 0.923 bits per heavy atom. The minimum atomic E-state index is -3.74. The molecule has 6 nitrogen and oxygen atoms in total. The number of unbranched alkanes of at least 4 members (excludes halogenated alkanes) is 1. The SMILES string of the molecule is O=S(=O)(c1ccccc1)n1cc(CN(CCCCNC2CCCCC2)Cc2ccc(F)nc2)c2ccccc21. The van der Waals surface area contributed by atoms with E-state index in [1.807, 2.05) is 30.3 Å². The maximum atomic E-state index is 13.5. The van der Waals surface area contributed by atoms with Crippen molar-refractivity contribution in [2.24, 2.45) is 0 Å². The van der Waals surface area contributed by atoms with Gasteiger partial charge in [0.2, 0.25) is 5.95 Å². The summed E-state index contributed by atoms with van der Waals surface area (Å²) < 4.78 is 41.9. The van der Waals surface area contributed by atoms with Crippen molar-refractivity contribution in [3.63, 3.8) is 0 Å². The van der Waals surface area contributed by atoms with Gasteiger partial charge in [0.25, 0.3) is 10.0 Å². The molecule has 2 aromatic carbocycles. The van der Waals surface area contributed by atoms with Gasteiger partial charge in [-0.3, -0.25) is 4.90 Å². The van der Waals surface area contributed by atoms with Crippen molar-refractivity contribution >= 4 is 20.9 Å². The highest BCUT2D eigenvalue weighted by molar-refractivity contribution is 7.90. The Morgan fingerprint density at radius 2 is 1.69 bits per heavy atom. The van der Waals surface area contributed by atoms with E-state index in [1.54, 1.807) is 42.7 Å². The van der Waals surface area contributed by atoms with E-state index in [2.05, 4.69) is 15.2 Å². The number of fused-ring (bicyclic) bond motifs is 1. The molecular weight excluding hydrogens is 511 g/mol. The molecule has 4 aromatic rings. The van der Waals surface area contributed by atoms with Crippen LogP contribution in [0.15, 0.2) is 84.0 Å². The largest absolute Gasteiger partial charge is 0.314 e. The van der Waals surface area contributed by atoms with Crippen molar-refractivity contribution in [2.45, 2.75) is 69.0 Å². The maximum absolute atomic E-state index is 13.5. The molecular formula is C31H37FN4O2S. The van der Waals surface area contributed by atoms with Crippen molar-refractivity contribution in [1.29, 1.82) is 0 Å². The van der Waals surface area contributed by atoms with Crippen LogP contribution >= 0.6 is 0 Å². The zero-order valence-electron chi connectivity index (χ0n) is 22.3. The molecule has 1 fully saturated rings. The highest BCUT2D eigenvalue weighted by atomic mass is 32.2. The minimum absolute atomic E-state index is 0.261. The average molecular weight is 549 g/mol. The van der Waals surface area contributed by atoms with E-state index in [0.29, 0.717) is 24.6 Å². The zero-order chi connectivity index (χ0) is 27.1. The third-order valence-corrected chi connectivity index (χ3v) is 9.28. The fourth-order valence-electron chi connectivity index (χ4n) is 5.54. The summed E-state index contributed by atoms with van der Waals surface area (Å²) in [7, 11) is -3.74. The maximum Gasteiger partial charge on any atom is 0.268 e. The standard InChI is InChI=1S/C31H37FN4O2S/c32-31-18-17-25(21-34-31)22-35(20-10-9-19-33-27-11-3-1-4-12-27)23-26-24-36(30-16-8-7-15-29(26)30)39(37,38)28-13-5-2-6-14-28/h2,5-8,13-18,21,24,27,33H,1,3-4,9-12,19-20,22-23H2.